The Bertz CT molecular complexity index is 155. The van der Waals surface area contributed by atoms with Crippen molar-refractivity contribution in [3.63, 3.8) is 0 Å². The molecule has 0 aromatic rings. The second-order valence-corrected chi connectivity index (χ2v) is 6.56. The number of hydrogen-bond acceptors (Lipinski definition) is 1. The zero-order chi connectivity index (χ0) is 15.4. The molecule has 0 aliphatic carbocycles. The van der Waals surface area contributed by atoms with Gasteiger partial charge in [0.15, 0.2) is 0 Å². The van der Waals surface area contributed by atoms with Crippen molar-refractivity contribution in [3.05, 3.63) is 0 Å². The van der Waals surface area contributed by atoms with Gasteiger partial charge in [0.2, 0.25) is 0 Å². The van der Waals surface area contributed by atoms with E-state index in [0.29, 0.717) is 0 Å². The van der Waals surface area contributed by atoms with Gasteiger partial charge in [0.1, 0.15) is 0 Å². The van der Waals surface area contributed by atoms with E-state index in [4.69, 9.17) is 4.74 Å². The third-order valence-corrected chi connectivity index (χ3v) is 4.28. The number of rotatable bonds is 18. The zero-order valence-corrected chi connectivity index (χ0v) is 18.1. The first-order valence-corrected chi connectivity index (χ1v) is 9.99. The van der Waals surface area contributed by atoms with Crippen molar-refractivity contribution in [1.82, 2.24) is 0 Å². The Labute approximate surface area is 163 Å². The van der Waals surface area contributed by atoms with E-state index in [9.17, 15) is 0 Å². The van der Waals surface area contributed by atoms with Crippen molar-refractivity contribution in [1.29, 1.82) is 0 Å². The molecule has 0 rings (SSSR count). The predicted octanol–water partition coefficient (Wildman–Crippen LogP) is 6.90. The standard InChI is InChI=1S/C20H42O.Na/c1-3-5-7-9-11-13-15-17-19-21-20-18-16-14-12-10-8-6-4-2;/h3-20H2,1-2H3;. The van der Waals surface area contributed by atoms with Crippen LogP contribution in [0.2, 0.25) is 0 Å². The summed E-state index contributed by atoms with van der Waals surface area (Å²) in [6, 6.07) is 0. The molecule has 0 aliphatic heterocycles. The van der Waals surface area contributed by atoms with Gasteiger partial charge in [-0.1, -0.05) is 104 Å². The Morgan fingerprint density at radius 1 is 0.409 bits per heavy atom. The van der Waals surface area contributed by atoms with Gasteiger partial charge in [0.25, 0.3) is 0 Å². The number of hydrogen-bond donors (Lipinski definition) is 0. The molecule has 0 saturated heterocycles. The molecular weight excluding hydrogens is 279 g/mol. The van der Waals surface area contributed by atoms with Gasteiger partial charge in [-0.15, -0.1) is 0 Å². The van der Waals surface area contributed by atoms with Gasteiger partial charge in [0.05, 0.1) is 0 Å². The number of ether oxygens (including phenoxy) is 1. The molecule has 0 unspecified atom stereocenters. The van der Waals surface area contributed by atoms with Gasteiger partial charge < -0.3 is 4.74 Å². The summed E-state index contributed by atoms with van der Waals surface area (Å²) in [4.78, 5) is 0. The maximum absolute atomic E-state index is 5.72. The van der Waals surface area contributed by atoms with Crippen molar-refractivity contribution in [3.8, 4) is 0 Å². The summed E-state index contributed by atoms with van der Waals surface area (Å²) in [6.45, 7) is 6.55. The molecule has 22 heavy (non-hydrogen) atoms. The molecule has 0 bridgehead atoms. The molecule has 0 spiro atoms. The molecule has 0 amide bonds. The van der Waals surface area contributed by atoms with Crippen molar-refractivity contribution in [2.75, 3.05) is 13.2 Å². The summed E-state index contributed by atoms with van der Waals surface area (Å²) in [5.74, 6) is 0. The predicted molar refractivity (Wildman–Crippen MR) is 102 cm³/mol. The molecule has 0 saturated carbocycles. The third-order valence-electron chi connectivity index (χ3n) is 4.28. The molecule has 0 aromatic heterocycles. The minimum atomic E-state index is 0. The first-order valence-electron chi connectivity index (χ1n) is 9.99. The van der Waals surface area contributed by atoms with Crippen LogP contribution < -0.4 is 0 Å². The Morgan fingerprint density at radius 2 is 0.682 bits per heavy atom. The van der Waals surface area contributed by atoms with Gasteiger partial charge in [0, 0.05) is 42.8 Å². The first kappa shape index (κ1) is 25.2. The minimum absolute atomic E-state index is 0. The maximum atomic E-state index is 5.72. The Balaban J connectivity index is 0. The first-order chi connectivity index (χ1) is 10.4. The largest absolute Gasteiger partial charge is 0.381 e. The fourth-order valence-corrected chi connectivity index (χ4v) is 2.78. The SMILES string of the molecule is CCCCCCCCCCOCCCCCCCCCC.[Na]. The molecule has 1 radical (unpaired) electrons. The molecular formula is C20H42NaO. The van der Waals surface area contributed by atoms with Crippen LogP contribution in [0.15, 0.2) is 0 Å². The monoisotopic (exact) mass is 321 g/mol. The van der Waals surface area contributed by atoms with E-state index in [-0.39, 0.29) is 29.6 Å². The van der Waals surface area contributed by atoms with E-state index in [2.05, 4.69) is 13.8 Å². The summed E-state index contributed by atoms with van der Waals surface area (Å²) >= 11 is 0. The summed E-state index contributed by atoms with van der Waals surface area (Å²) in [6.07, 6.45) is 22.2. The van der Waals surface area contributed by atoms with Crippen LogP contribution in [0.1, 0.15) is 117 Å². The Hall–Kier alpha value is 0.960. The van der Waals surface area contributed by atoms with Crippen molar-refractivity contribution in [2.45, 2.75) is 117 Å². The quantitative estimate of drug-likeness (QED) is 0.197. The topological polar surface area (TPSA) is 9.23 Å². The Kier molecular flexibility index (Phi) is 27.7. The molecule has 1 nitrogen and oxygen atoms in total. The molecule has 0 aromatic carbocycles. The van der Waals surface area contributed by atoms with Crippen LogP contribution in [-0.4, -0.2) is 42.8 Å². The van der Waals surface area contributed by atoms with Crippen LogP contribution in [0.5, 0.6) is 0 Å². The molecule has 0 heterocycles. The third kappa shape index (κ3) is 23.2. The van der Waals surface area contributed by atoms with E-state index in [1.54, 1.807) is 0 Å². The smallest absolute Gasteiger partial charge is 0.0466 e. The summed E-state index contributed by atoms with van der Waals surface area (Å²) in [5.41, 5.74) is 0. The van der Waals surface area contributed by atoms with Crippen molar-refractivity contribution >= 4 is 29.6 Å². The van der Waals surface area contributed by atoms with Gasteiger partial charge in [-0.05, 0) is 12.8 Å². The molecule has 0 atom stereocenters. The van der Waals surface area contributed by atoms with E-state index < -0.39 is 0 Å². The van der Waals surface area contributed by atoms with Crippen molar-refractivity contribution in [2.24, 2.45) is 0 Å². The van der Waals surface area contributed by atoms with E-state index in [0.717, 1.165) is 13.2 Å². The molecule has 0 aliphatic rings. The van der Waals surface area contributed by atoms with Crippen LogP contribution in [-0.2, 0) is 4.74 Å². The second kappa shape index (κ2) is 24.2. The van der Waals surface area contributed by atoms with Gasteiger partial charge in [-0.25, -0.2) is 0 Å². The maximum Gasteiger partial charge on any atom is 0.0466 e. The molecule has 129 valence electrons. The normalized spacial score (nSPS) is 10.6. The molecule has 2 heteroatoms. The van der Waals surface area contributed by atoms with Crippen LogP contribution in [0.25, 0.3) is 0 Å². The van der Waals surface area contributed by atoms with Gasteiger partial charge >= 0.3 is 0 Å². The average molecular weight is 322 g/mol. The minimum Gasteiger partial charge on any atom is -0.381 e. The van der Waals surface area contributed by atoms with E-state index in [1.165, 1.54) is 103 Å². The summed E-state index contributed by atoms with van der Waals surface area (Å²) < 4.78 is 5.72. The van der Waals surface area contributed by atoms with Gasteiger partial charge in [-0.3, -0.25) is 0 Å². The summed E-state index contributed by atoms with van der Waals surface area (Å²) in [5, 5.41) is 0. The fraction of sp³-hybridized carbons (Fsp3) is 1.00. The van der Waals surface area contributed by atoms with Gasteiger partial charge in [-0.2, -0.15) is 0 Å². The zero-order valence-electron chi connectivity index (χ0n) is 16.1. The Morgan fingerprint density at radius 3 is 1.00 bits per heavy atom. The molecule has 0 N–H and O–H groups in total. The fourth-order valence-electron chi connectivity index (χ4n) is 2.78. The van der Waals surface area contributed by atoms with Crippen LogP contribution in [0, 0.1) is 0 Å². The second-order valence-electron chi connectivity index (χ2n) is 6.56. The average Bonchev–Trinajstić information content (AvgIpc) is 2.50. The van der Waals surface area contributed by atoms with Crippen molar-refractivity contribution < 1.29 is 4.74 Å². The van der Waals surface area contributed by atoms with Crippen LogP contribution in [0.4, 0.5) is 0 Å². The number of unbranched alkanes of at least 4 members (excludes halogenated alkanes) is 14. The molecule has 0 fully saturated rings. The van der Waals surface area contributed by atoms with E-state index in [1.807, 2.05) is 0 Å². The van der Waals surface area contributed by atoms with Crippen LogP contribution >= 0.6 is 0 Å². The summed E-state index contributed by atoms with van der Waals surface area (Å²) in [7, 11) is 0. The van der Waals surface area contributed by atoms with Crippen LogP contribution in [0.3, 0.4) is 0 Å². The van der Waals surface area contributed by atoms with E-state index >= 15 is 0 Å².